The van der Waals surface area contributed by atoms with Gasteiger partial charge >= 0.3 is 18.9 Å². The van der Waals surface area contributed by atoms with Gasteiger partial charge in [0.1, 0.15) is 6.04 Å². The van der Waals surface area contributed by atoms with Gasteiger partial charge in [-0.25, -0.2) is 11.4 Å². The molecule has 1 aliphatic heterocycles. The lowest BCUT2D eigenvalue weighted by atomic mass is 10.0. The molecule has 5 N–H and O–H groups in total. The number of esters is 1. The smallest absolute Gasteiger partial charge is 0.393 e. The fourth-order valence-electron chi connectivity index (χ4n) is 5.35. The molecular weight excluding hydrogens is 661 g/mol. The van der Waals surface area contributed by atoms with Crippen molar-refractivity contribution in [1.82, 2.24) is 10.2 Å². The van der Waals surface area contributed by atoms with Crippen LogP contribution in [0.5, 0.6) is 5.75 Å². The summed E-state index contributed by atoms with van der Waals surface area (Å²) in [5, 5.41) is 9.60. The Morgan fingerprint density at radius 1 is 1.18 bits per heavy atom. The van der Waals surface area contributed by atoms with Gasteiger partial charge in [0.25, 0.3) is 5.91 Å². The van der Waals surface area contributed by atoms with Crippen LogP contribution in [-0.2, 0) is 20.7 Å². The number of amides is 2. The molecule has 1 aromatic heterocycles. The van der Waals surface area contributed by atoms with Crippen molar-refractivity contribution in [2.24, 2.45) is 5.73 Å². The van der Waals surface area contributed by atoms with Crippen molar-refractivity contribution < 1.29 is 37.0 Å². The topological polar surface area (TPSA) is 139 Å². The number of rotatable bonds is 13. The minimum atomic E-state index is -4.43. The van der Waals surface area contributed by atoms with Gasteiger partial charge < -0.3 is 36.1 Å². The monoisotopic (exact) mass is 698 g/mol. The molecule has 49 heavy (non-hydrogen) atoms. The van der Waals surface area contributed by atoms with Crippen molar-refractivity contribution in [3.05, 3.63) is 63.8 Å². The number of benzene rings is 2. The molecule has 2 amide bonds. The van der Waals surface area contributed by atoms with E-state index in [0.717, 1.165) is 43.4 Å². The fourth-order valence-corrected chi connectivity index (χ4v) is 6.52. The highest BCUT2D eigenvalue weighted by Crippen LogP contribution is 2.39. The lowest BCUT2D eigenvalue weighted by Gasteiger charge is -2.30. The molecule has 260 valence electrons. The molecule has 1 fully saturated rings. The van der Waals surface area contributed by atoms with Crippen LogP contribution in [-0.4, -0.2) is 81.5 Å². The van der Waals surface area contributed by atoms with Gasteiger partial charge in [-0.1, -0.05) is 24.0 Å². The number of primary amides is 1. The number of halogens is 3. The summed E-state index contributed by atoms with van der Waals surface area (Å²) in [5.74, 6) is 3.91. The SMILES string of the molecule is [C-]#[N+]COc1cc(C(=O)NC(CCC(N)=O)C(=O)OC)ccc1NCC#Cc1sc2c(NC3CCN(C)CC3)cccc2c1CC(F)(F)F. The van der Waals surface area contributed by atoms with Crippen LogP contribution < -0.4 is 26.4 Å². The normalized spacial score (nSPS) is 14.2. The van der Waals surface area contributed by atoms with Gasteiger partial charge in [0.15, 0.2) is 5.75 Å². The first-order valence-electron chi connectivity index (χ1n) is 15.4. The predicted molar refractivity (Wildman–Crippen MR) is 181 cm³/mol. The largest absolute Gasteiger partial charge is 0.467 e. The minimum Gasteiger partial charge on any atom is -0.467 e. The molecule has 0 aliphatic carbocycles. The maximum Gasteiger partial charge on any atom is 0.393 e. The van der Waals surface area contributed by atoms with Gasteiger partial charge in [-0.05, 0) is 74.6 Å². The number of carbonyl (C=O) groups excluding carboxylic acids is 3. The third-order valence-corrected chi connectivity index (χ3v) is 9.04. The average molecular weight is 699 g/mol. The number of carbonyl (C=O) groups is 3. The average Bonchev–Trinajstić information content (AvgIpc) is 3.41. The number of anilines is 2. The third-order valence-electron chi connectivity index (χ3n) is 7.84. The lowest BCUT2D eigenvalue weighted by molar-refractivity contribution is -0.143. The number of thiophene rings is 1. The summed E-state index contributed by atoms with van der Waals surface area (Å²) in [4.78, 5) is 42.0. The van der Waals surface area contributed by atoms with Crippen LogP contribution in [0, 0.1) is 18.4 Å². The van der Waals surface area contributed by atoms with E-state index in [4.69, 9.17) is 21.8 Å². The Morgan fingerprint density at radius 2 is 1.94 bits per heavy atom. The Bertz CT molecular complexity index is 1770. The molecule has 1 aliphatic rings. The lowest BCUT2D eigenvalue weighted by Crippen LogP contribution is -2.42. The number of methoxy groups -OCH3 is 1. The summed E-state index contributed by atoms with van der Waals surface area (Å²) < 4.78 is 52.0. The van der Waals surface area contributed by atoms with Crippen molar-refractivity contribution in [3.8, 4) is 17.6 Å². The second kappa shape index (κ2) is 16.9. The first-order valence-corrected chi connectivity index (χ1v) is 16.3. The number of nitrogens with zero attached hydrogens (tertiary/aromatic N) is 2. The molecule has 11 nitrogen and oxygen atoms in total. The van der Waals surface area contributed by atoms with Gasteiger partial charge in [0, 0.05) is 18.0 Å². The zero-order chi connectivity index (χ0) is 35.6. The molecule has 0 spiro atoms. The number of alkyl halides is 3. The summed E-state index contributed by atoms with van der Waals surface area (Å²) in [6, 6.07) is 8.77. The van der Waals surface area contributed by atoms with E-state index < -0.39 is 36.4 Å². The molecule has 0 radical (unpaired) electrons. The van der Waals surface area contributed by atoms with Gasteiger partial charge in [0.2, 0.25) is 5.91 Å². The molecule has 0 saturated carbocycles. The molecule has 0 bridgehead atoms. The fraction of sp³-hybridized carbons (Fsp3) is 0.412. The number of hydrogen-bond donors (Lipinski definition) is 4. The maximum absolute atomic E-state index is 13.7. The molecule has 4 rings (SSSR count). The first kappa shape index (κ1) is 36.8. The van der Waals surface area contributed by atoms with Crippen LogP contribution in [0.4, 0.5) is 24.5 Å². The molecule has 1 atom stereocenters. The molecule has 1 saturated heterocycles. The number of nitrogens with two attached hydrogens (primary N) is 1. The van der Waals surface area contributed by atoms with Crippen LogP contribution in [0.25, 0.3) is 14.9 Å². The number of nitrogens with one attached hydrogen (secondary N) is 3. The van der Waals surface area contributed by atoms with Gasteiger partial charge in [0.05, 0.1) is 41.0 Å². The van der Waals surface area contributed by atoms with Gasteiger partial charge in [-0.3, -0.25) is 14.4 Å². The van der Waals surface area contributed by atoms with Crippen molar-refractivity contribution in [3.63, 3.8) is 0 Å². The standard InChI is InChI=1S/C34H37F3N6O5S/c1-39-20-48-28-18-21(32(45)42-27(33(46)47-3)11-12-30(38)44)9-10-25(28)40-15-5-8-29-24(19-34(35,36)37)23-6-4-7-26(31(23)49-29)41-22-13-16-43(2)17-14-22/h4,6-7,9-10,18,22,27,40-41H,11-17,19-20H2,2-3H3,(H2,38,44)(H,42,45). The van der Waals surface area contributed by atoms with Gasteiger partial charge in [-0.2, -0.15) is 13.2 Å². The van der Waals surface area contributed by atoms with Crippen LogP contribution in [0.3, 0.4) is 0 Å². The Morgan fingerprint density at radius 3 is 2.61 bits per heavy atom. The van der Waals surface area contributed by atoms with Crippen molar-refractivity contribution in [1.29, 1.82) is 0 Å². The highest BCUT2D eigenvalue weighted by molar-refractivity contribution is 7.20. The number of likely N-dealkylation sites (tertiary alicyclic amines) is 1. The van der Waals surface area contributed by atoms with Crippen LogP contribution in [0.15, 0.2) is 36.4 Å². The number of hydrogen-bond acceptors (Lipinski definition) is 9. The van der Waals surface area contributed by atoms with E-state index in [1.54, 1.807) is 12.1 Å². The Balaban J connectivity index is 1.54. The predicted octanol–water partition coefficient (Wildman–Crippen LogP) is 4.77. The second-order valence-electron chi connectivity index (χ2n) is 11.5. The minimum absolute atomic E-state index is 0.0118. The van der Waals surface area contributed by atoms with E-state index in [-0.39, 0.29) is 49.0 Å². The van der Waals surface area contributed by atoms with E-state index in [2.05, 4.69) is 44.6 Å². The van der Waals surface area contributed by atoms with Crippen LogP contribution >= 0.6 is 11.3 Å². The van der Waals surface area contributed by atoms with E-state index in [9.17, 15) is 27.6 Å². The summed E-state index contributed by atoms with van der Waals surface area (Å²) in [6.45, 7) is 8.63. The highest BCUT2D eigenvalue weighted by atomic mass is 32.1. The number of piperidine rings is 1. The van der Waals surface area contributed by atoms with E-state index in [0.29, 0.717) is 16.0 Å². The summed E-state index contributed by atoms with van der Waals surface area (Å²) in [6.07, 6.45) is -3.89. The number of ether oxygens (including phenoxy) is 2. The highest BCUT2D eigenvalue weighted by Gasteiger charge is 2.31. The quantitative estimate of drug-likeness (QED) is 0.114. The molecule has 1 unspecified atom stereocenters. The van der Waals surface area contributed by atoms with Crippen molar-refractivity contribution in [2.75, 3.05) is 51.2 Å². The van der Waals surface area contributed by atoms with Gasteiger partial charge in [-0.15, -0.1) is 11.3 Å². The van der Waals surface area contributed by atoms with Crippen LogP contribution in [0.2, 0.25) is 0 Å². The van der Waals surface area contributed by atoms with Crippen molar-refractivity contribution >= 4 is 50.6 Å². The molecule has 2 aromatic carbocycles. The first-order chi connectivity index (χ1) is 23.4. The summed E-state index contributed by atoms with van der Waals surface area (Å²) in [7, 11) is 3.21. The number of fused-ring (bicyclic) bond motifs is 1. The van der Waals surface area contributed by atoms with E-state index in [1.165, 1.54) is 29.5 Å². The Hall–Kier alpha value is -4.99. The zero-order valence-electron chi connectivity index (χ0n) is 27.0. The van der Waals surface area contributed by atoms with E-state index >= 15 is 0 Å². The van der Waals surface area contributed by atoms with E-state index in [1.807, 2.05) is 6.07 Å². The molecule has 3 aromatic rings. The third kappa shape index (κ3) is 10.5. The molecular formula is C34H37F3N6O5S. The Kier molecular flexibility index (Phi) is 12.7. The summed E-state index contributed by atoms with van der Waals surface area (Å²) >= 11 is 1.22. The zero-order valence-corrected chi connectivity index (χ0v) is 27.9. The maximum atomic E-state index is 13.7. The molecule has 15 heteroatoms. The Labute approximate surface area is 286 Å². The van der Waals surface area contributed by atoms with Crippen molar-refractivity contribution in [2.45, 2.75) is 50.4 Å². The summed E-state index contributed by atoms with van der Waals surface area (Å²) in [5.41, 5.74) is 6.57. The molecule has 2 heterocycles. The second-order valence-corrected chi connectivity index (χ2v) is 12.5. The van der Waals surface area contributed by atoms with Crippen LogP contribution in [0.1, 0.15) is 46.5 Å².